The van der Waals surface area contributed by atoms with Crippen LogP contribution in [0, 0.1) is 6.92 Å². The number of piperidine rings is 1. The molecule has 6 nitrogen and oxygen atoms in total. The number of hydrogen-bond acceptors (Lipinski definition) is 4. The van der Waals surface area contributed by atoms with E-state index in [4.69, 9.17) is 11.6 Å². The van der Waals surface area contributed by atoms with Gasteiger partial charge >= 0.3 is 6.03 Å². The molecule has 2 aromatic rings. The third-order valence-corrected chi connectivity index (χ3v) is 6.99. The first-order chi connectivity index (χ1) is 14.0. The minimum Gasteiger partial charge on any atom is -0.334 e. The van der Waals surface area contributed by atoms with E-state index in [1.54, 1.807) is 0 Å². The summed E-state index contributed by atoms with van der Waals surface area (Å²) in [5.74, 6) is 0.00489. The van der Waals surface area contributed by atoms with Crippen molar-refractivity contribution in [2.75, 3.05) is 39.3 Å². The maximum Gasteiger partial charge on any atom is 0.320 e. The lowest BCUT2D eigenvalue weighted by molar-refractivity contribution is 0.0636. The summed E-state index contributed by atoms with van der Waals surface area (Å²) in [6.45, 7) is 5.88. The van der Waals surface area contributed by atoms with Crippen molar-refractivity contribution in [2.45, 2.75) is 26.2 Å². The molecule has 2 saturated heterocycles. The standard InChI is InChI=1S/C21H25ClN4O2S/c1-15-18(29-19(23-15)16-5-7-17(22)8-6-16)20(27)24-11-13-26(14-12-24)21(28)25-9-3-2-4-10-25/h5-8H,2-4,9-14H2,1H3. The highest BCUT2D eigenvalue weighted by Crippen LogP contribution is 2.30. The Labute approximate surface area is 180 Å². The van der Waals surface area contributed by atoms with Crippen molar-refractivity contribution < 1.29 is 9.59 Å². The van der Waals surface area contributed by atoms with Crippen LogP contribution in [0.4, 0.5) is 4.79 Å². The van der Waals surface area contributed by atoms with Crippen LogP contribution in [0.15, 0.2) is 24.3 Å². The van der Waals surface area contributed by atoms with Crippen molar-refractivity contribution in [2.24, 2.45) is 0 Å². The van der Waals surface area contributed by atoms with Crippen LogP contribution in [0.5, 0.6) is 0 Å². The molecule has 2 aliphatic rings. The first-order valence-electron chi connectivity index (χ1n) is 10.1. The lowest BCUT2D eigenvalue weighted by Crippen LogP contribution is -2.54. The van der Waals surface area contributed by atoms with Gasteiger partial charge in [-0.15, -0.1) is 11.3 Å². The van der Waals surface area contributed by atoms with Gasteiger partial charge in [0, 0.05) is 49.9 Å². The van der Waals surface area contributed by atoms with Crippen molar-refractivity contribution in [1.29, 1.82) is 0 Å². The van der Waals surface area contributed by atoms with E-state index in [1.165, 1.54) is 17.8 Å². The molecular weight excluding hydrogens is 408 g/mol. The van der Waals surface area contributed by atoms with E-state index in [2.05, 4.69) is 4.98 Å². The number of thiazole rings is 1. The highest BCUT2D eigenvalue weighted by molar-refractivity contribution is 7.17. The Balaban J connectivity index is 1.39. The first-order valence-corrected chi connectivity index (χ1v) is 11.3. The lowest BCUT2D eigenvalue weighted by Gasteiger charge is -2.38. The summed E-state index contributed by atoms with van der Waals surface area (Å²) < 4.78 is 0. The molecule has 4 rings (SSSR count). The largest absolute Gasteiger partial charge is 0.334 e. The maximum atomic E-state index is 13.1. The van der Waals surface area contributed by atoms with E-state index < -0.39 is 0 Å². The molecule has 0 saturated carbocycles. The fraction of sp³-hybridized carbons (Fsp3) is 0.476. The van der Waals surface area contributed by atoms with Crippen molar-refractivity contribution >= 4 is 34.9 Å². The molecule has 2 aliphatic heterocycles. The predicted molar refractivity (Wildman–Crippen MR) is 116 cm³/mol. The summed E-state index contributed by atoms with van der Waals surface area (Å²) in [5, 5.41) is 1.50. The smallest absolute Gasteiger partial charge is 0.320 e. The van der Waals surface area contributed by atoms with E-state index >= 15 is 0 Å². The average molecular weight is 433 g/mol. The highest BCUT2D eigenvalue weighted by atomic mass is 35.5. The minimum absolute atomic E-state index is 0.00489. The van der Waals surface area contributed by atoms with E-state index in [0.717, 1.165) is 42.2 Å². The molecule has 0 unspecified atom stereocenters. The maximum absolute atomic E-state index is 13.1. The van der Waals surface area contributed by atoms with Gasteiger partial charge in [0.25, 0.3) is 5.91 Å². The number of amides is 3. The predicted octanol–water partition coefficient (Wildman–Crippen LogP) is 4.14. The summed E-state index contributed by atoms with van der Waals surface area (Å²) in [6, 6.07) is 7.61. The summed E-state index contributed by atoms with van der Waals surface area (Å²) in [6.07, 6.45) is 3.38. The molecule has 0 N–H and O–H groups in total. The molecule has 29 heavy (non-hydrogen) atoms. The van der Waals surface area contributed by atoms with Gasteiger partial charge in [-0.3, -0.25) is 4.79 Å². The monoisotopic (exact) mass is 432 g/mol. The minimum atomic E-state index is 0.00489. The summed E-state index contributed by atoms with van der Waals surface area (Å²) in [7, 11) is 0. The summed E-state index contributed by atoms with van der Waals surface area (Å²) >= 11 is 7.38. The number of hydrogen-bond donors (Lipinski definition) is 0. The highest BCUT2D eigenvalue weighted by Gasteiger charge is 2.29. The molecule has 0 aliphatic carbocycles. The third kappa shape index (κ3) is 4.41. The molecule has 0 radical (unpaired) electrons. The molecule has 1 aromatic carbocycles. The third-order valence-electron chi connectivity index (χ3n) is 5.55. The molecular formula is C21H25ClN4O2S. The second kappa shape index (κ2) is 8.71. The zero-order valence-electron chi connectivity index (χ0n) is 16.6. The van der Waals surface area contributed by atoms with Gasteiger partial charge in [-0.2, -0.15) is 0 Å². The quantitative estimate of drug-likeness (QED) is 0.716. The zero-order valence-corrected chi connectivity index (χ0v) is 18.1. The zero-order chi connectivity index (χ0) is 20.4. The van der Waals surface area contributed by atoms with Gasteiger partial charge in [-0.25, -0.2) is 9.78 Å². The number of halogens is 1. The molecule has 0 atom stereocenters. The van der Waals surface area contributed by atoms with Crippen LogP contribution < -0.4 is 0 Å². The van der Waals surface area contributed by atoms with Gasteiger partial charge in [0.15, 0.2) is 0 Å². The SMILES string of the molecule is Cc1nc(-c2ccc(Cl)cc2)sc1C(=O)N1CCN(C(=O)N2CCCCC2)CC1. The number of carbonyl (C=O) groups is 2. The molecule has 2 fully saturated rings. The Morgan fingerprint density at radius 1 is 0.897 bits per heavy atom. The Hall–Kier alpha value is -2.12. The number of aromatic nitrogens is 1. The van der Waals surface area contributed by atoms with Crippen LogP contribution in [0.1, 0.15) is 34.6 Å². The summed E-state index contributed by atoms with van der Waals surface area (Å²) in [5.41, 5.74) is 1.70. The fourth-order valence-corrected chi connectivity index (χ4v) is 5.01. The van der Waals surface area contributed by atoms with Crippen molar-refractivity contribution in [3.05, 3.63) is 39.9 Å². The van der Waals surface area contributed by atoms with E-state index in [9.17, 15) is 9.59 Å². The number of likely N-dealkylation sites (tertiary alicyclic amines) is 1. The first kappa shape index (κ1) is 20.2. The number of nitrogens with zero attached hydrogens (tertiary/aromatic N) is 4. The van der Waals surface area contributed by atoms with E-state index in [0.29, 0.717) is 36.1 Å². The van der Waals surface area contributed by atoms with E-state index in [-0.39, 0.29) is 11.9 Å². The normalized spacial score (nSPS) is 17.5. The van der Waals surface area contributed by atoms with Crippen molar-refractivity contribution in [1.82, 2.24) is 19.7 Å². The Morgan fingerprint density at radius 2 is 1.48 bits per heavy atom. The number of aryl methyl sites for hydroxylation is 1. The van der Waals surface area contributed by atoms with Crippen LogP contribution in [0.25, 0.3) is 10.6 Å². The molecule has 3 amide bonds. The number of urea groups is 1. The van der Waals surface area contributed by atoms with Crippen molar-refractivity contribution in [3.63, 3.8) is 0 Å². The average Bonchev–Trinajstić information content (AvgIpc) is 3.15. The number of benzene rings is 1. The van der Waals surface area contributed by atoms with Crippen LogP contribution in [-0.2, 0) is 0 Å². The lowest BCUT2D eigenvalue weighted by atomic mass is 10.1. The Morgan fingerprint density at radius 3 is 2.14 bits per heavy atom. The molecule has 8 heteroatoms. The second-order valence-electron chi connectivity index (χ2n) is 7.55. The number of carbonyl (C=O) groups excluding carboxylic acids is 2. The van der Waals surface area contributed by atoms with Gasteiger partial charge in [-0.1, -0.05) is 23.7 Å². The molecule has 1 aromatic heterocycles. The molecule has 3 heterocycles. The van der Waals surface area contributed by atoms with Crippen molar-refractivity contribution in [3.8, 4) is 10.6 Å². The number of piperazine rings is 1. The van der Waals surface area contributed by atoms with Crippen LogP contribution >= 0.6 is 22.9 Å². The molecule has 0 bridgehead atoms. The van der Waals surface area contributed by atoms with E-state index in [1.807, 2.05) is 45.9 Å². The Kier molecular flexibility index (Phi) is 6.06. The van der Waals surface area contributed by atoms with Gasteiger partial charge in [0.05, 0.1) is 5.69 Å². The van der Waals surface area contributed by atoms with Crippen LogP contribution in [0.2, 0.25) is 5.02 Å². The molecule has 154 valence electrons. The van der Waals surface area contributed by atoms with Gasteiger partial charge < -0.3 is 14.7 Å². The fourth-order valence-electron chi connectivity index (χ4n) is 3.84. The van der Waals surface area contributed by atoms with Crippen LogP contribution in [-0.4, -0.2) is 70.9 Å². The van der Waals surface area contributed by atoms with Gasteiger partial charge in [-0.05, 0) is 38.3 Å². The summed E-state index contributed by atoms with van der Waals surface area (Å²) in [4.78, 5) is 36.7. The Bertz CT molecular complexity index is 885. The van der Waals surface area contributed by atoms with Gasteiger partial charge in [0.1, 0.15) is 9.88 Å². The van der Waals surface area contributed by atoms with Crippen LogP contribution in [0.3, 0.4) is 0 Å². The second-order valence-corrected chi connectivity index (χ2v) is 8.99. The van der Waals surface area contributed by atoms with Gasteiger partial charge in [0.2, 0.25) is 0 Å². The molecule has 0 spiro atoms. The number of rotatable bonds is 2. The topological polar surface area (TPSA) is 56.8 Å².